The number of nitrogens with zero attached hydrogens (tertiary/aromatic N) is 2. The molecule has 1 fully saturated rings. The van der Waals surface area contributed by atoms with Gasteiger partial charge in [0, 0.05) is 31.4 Å². The Bertz CT molecular complexity index is 844. The van der Waals surface area contributed by atoms with Crippen molar-refractivity contribution in [1.82, 2.24) is 10.6 Å². The predicted molar refractivity (Wildman–Crippen MR) is 134 cm³/mol. The van der Waals surface area contributed by atoms with Gasteiger partial charge in [0.25, 0.3) is 0 Å². The minimum atomic E-state index is -0.703. The maximum Gasteiger partial charge on any atom is 0.191 e. The van der Waals surface area contributed by atoms with Crippen LogP contribution in [-0.2, 0) is 0 Å². The van der Waals surface area contributed by atoms with E-state index in [0.29, 0.717) is 11.7 Å². The fourth-order valence-electron chi connectivity index (χ4n) is 3.60. The van der Waals surface area contributed by atoms with Crippen molar-refractivity contribution >= 4 is 35.6 Å². The molecule has 1 aliphatic heterocycles. The van der Waals surface area contributed by atoms with Gasteiger partial charge in [0.2, 0.25) is 0 Å². The van der Waals surface area contributed by atoms with E-state index in [0.717, 1.165) is 43.7 Å². The van der Waals surface area contributed by atoms with Gasteiger partial charge in [0.1, 0.15) is 11.6 Å². The van der Waals surface area contributed by atoms with E-state index in [2.05, 4.69) is 20.5 Å². The lowest BCUT2D eigenvalue weighted by Gasteiger charge is -2.34. The first-order chi connectivity index (χ1) is 14.6. The number of aliphatic imine (C=N–C) groups is 1. The maximum absolute atomic E-state index is 13.5. The molecule has 1 saturated heterocycles. The second-order valence-electron chi connectivity index (χ2n) is 7.40. The highest BCUT2D eigenvalue weighted by Gasteiger charge is 2.20. The van der Waals surface area contributed by atoms with Gasteiger partial charge in [0.15, 0.2) is 5.96 Å². The first kappa shape index (κ1) is 25.2. The van der Waals surface area contributed by atoms with Crippen molar-refractivity contribution in [3.8, 4) is 5.75 Å². The van der Waals surface area contributed by atoms with Crippen LogP contribution < -0.4 is 20.3 Å². The highest BCUT2D eigenvalue weighted by Crippen LogP contribution is 2.21. The minimum Gasteiger partial charge on any atom is -0.497 e. The molecular formula is C23H32FIN4O2. The lowest BCUT2D eigenvalue weighted by atomic mass is 10.0. The topological polar surface area (TPSA) is 69.1 Å². The number of aliphatic hydroxyl groups excluding tert-OH is 1. The third kappa shape index (κ3) is 7.53. The second-order valence-corrected chi connectivity index (χ2v) is 7.40. The second kappa shape index (κ2) is 12.7. The van der Waals surface area contributed by atoms with Crippen LogP contribution in [0.3, 0.4) is 0 Å². The third-order valence-electron chi connectivity index (χ3n) is 5.25. The van der Waals surface area contributed by atoms with Gasteiger partial charge in [-0.1, -0.05) is 18.2 Å². The molecule has 8 heteroatoms. The number of ether oxygens (including phenoxy) is 1. The summed E-state index contributed by atoms with van der Waals surface area (Å²) < 4.78 is 18.7. The molecule has 0 radical (unpaired) electrons. The highest BCUT2D eigenvalue weighted by atomic mass is 127. The third-order valence-corrected chi connectivity index (χ3v) is 5.25. The molecule has 3 rings (SSSR count). The number of halogens is 2. The molecule has 0 spiro atoms. The van der Waals surface area contributed by atoms with Crippen molar-refractivity contribution in [3.63, 3.8) is 0 Å². The van der Waals surface area contributed by atoms with Gasteiger partial charge in [-0.15, -0.1) is 24.0 Å². The normalized spacial score (nSPS) is 15.7. The molecule has 0 aliphatic carbocycles. The summed E-state index contributed by atoms with van der Waals surface area (Å²) in [7, 11) is 1.61. The molecule has 0 bridgehead atoms. The standard InChI is InChI=1S/C23H31FN4O2.HI/c1-3-25-23(26-16-22(29)17-6-4-9-21(14-17)30-2)27-19-10-12-28(13-11-19)20-8-5-7-18(24)15-20;/h4-9,14-15,19,22,29H,3,10-13,16H2,1-2H3,(H2,25,26,27);1H. The number of hydrogen-bond acceptors (Lipinski definition) is 4. The summed E-state index contributed by atoms with van der Waals surface area (Å²) in [6, 6.07) is 14.4. The Kier molecular flexibility index (Phi) is 10.3. The highest BCUT2D eigenvalue weighted by molar-refractivity contribution is 14.0. The summed E-state index contributed by atoms with van der Waals surface area (Å²) in [6.45, 7) is 4.72. The Labute approximate surface area is 200 Å². The lowest BCUT2D eigenvalue weighted by molar-refractivity contribution is 0.186. The number of hydrogen-bond donors (Lipinski definition) is 3. The van der Waals surface area contributed by atoms with Crippen LogP contribution in [0.5, 0.6) is 5.75 Å². The van der Waals surface area contributed by atoms with Crippen molar-refractivity contribution in [2.24, 2.45) is 4.99 Å². The number of aliphatic hydroxyl groups is 1. The van der Waals surface area contributed by atoms with Crippen molar-refractivity contribution in [2.45, 2.75) is 31.9 Å². The zero-order valence-corrected chi connectivity index (χ0v) is 20.4. The van der Waals surface area contributed by atoms with Crippen LogP contribution in [0.25, 0.3) is 0 Å². The molecule has 2 aromatic rings. The predicted octanol–water partition coefficient (Wildman–Crippen LogP) is 3.71. The Hall–Kier alpha value is -2.07. The summed E-state index contributed by atoms with van der Waals surface area (Å²) in [5.74, 6) is 1.21. The Morgan fingerprint density at radius 2 is 1.97 bits per heavy atom. The van der Waals surface area contributed by atoms with Gasteiger partial charge in [-0.05, 0) is 55.7 Å². The molecule has 31 heavy (non-hydrogen) atoms. The fourth-order valence-corrected chi connectivity index (χ4v) is 3.60. The summed E-state index contributed by atoms with van der Waals surface area (Å²) in [5, 5.41) is 17.2. The maximum atomic E-state index is 13.5. The summed E-state index contributed by atoms with van der Waals surface area (Å²) in [4.78, 5) is 6.77. The molecule has 1 unspecified atom stereocenters. The van der Waals surface area contributed by atoms with Gasteiger partial charge in [-0.25, -0.2) is 4.39 Å². The molecule has 0 aromatic heterocycles. The molecule has 1 atom stereocenters. The number of nitrogens with one attached hydrogen (secondary N) is 2. The van der Waals surface area contributed by atoms with Crippen LogP contribution in [-0.4, -0.2) is 50.4 Å². The first-order valence-corrected chi connectivity index (χ1v) is 10.5. The largest absolute Gasteiger partial charge is 0.497 e. The van der Waals surface area contributed by atoms with Gasteiger partial charge < -0.3 is 25.4 Å². The minimum absolute atomic E-state index is 0. The average molecular weight is 542 g/mol. The van der Waals surface area contributed by atoms with Crippen LogP contribution in [0.15, 0.2) is 53.5 Å². The number of anilines is 1. The molecule has 2 aromatic carbocycles. The Morgan fingerprint density at radius 1 is 1.23 bits per heavy atom. The van der Waals surface area contributed by atoms with Gasteiger partial charge in [0.05, 0.1) is 19.8 Å². The number of piperidine rings is 1. The van der Waals surface area contributed by atoms with Crippen molar-refractivity contribution < 1.29 is 14.2 Å². The number of methoxy groups -OCH3 is 1. The van der Waals surface area contributed by atoms with E-state index in [1.165, 1.54) is 6.07 Å². The molecule has 6 nitrogen and oxygen atoms in total. The van der Waals surface area contributed by atoms with E-state index in [4.69, 9.17) is 4.74 Å². The molecule has 1 heterocycles. The van der Waals surface area contributed by atoms with Crippen molar-refractivity contribution in [1.29, 1.82) is 0 Å². The van der Waals surface area contributed by atoms with Crippen molar-refractivity contribution in [2.75, 3.05) is 38.2 Å². The molecule has 1 aliphatic rings. The van der Waals surface area contributed by atoms with Crippen LogP contribution >= 0.6 is 24.0 Å². The number of guanidine groups is 1. The van der Waals surface area contributed by atoms with E-state index in [9.17, 15) is 9.50 Å². The molecule has 170 valence electrons. The van der Waals surface area contributed by atoms with Gasteiger partial charge in [-0.2, -0.15) is 0 Å². The van der Waals surface area contributed by atoms with E-state index < -0.39 is 6.10 Å². The van der Waals surface area contributed by atoms with Crippen LogP contribution in [0.4, 0.5) is 10.1 Å². The quantitative estimate of drug-likeness (QED) is 0.283. The van der Waals surface area contributed by atoms with E-state index in [-0.39, 0.29) is 42.4 Å². The number of benzene rings is 2. The van der Waals surface area contributed by atoms with Crippen LogP contribution in [0.2, 0.25) is 0 Å². The average Bonchev–Trinajstić information content (AvgIpc) is 2.78. The molecular weight excluding hydrogens is 510 g/mol. The number of rotatable bonds is 7. The van der Waals surface area contributed by atoms with E-state index >= 15 is 0 Å². The first-order valence-electron chi connectivity index (χ1n) is 10.5. The SMILES string of the molecule is CCNC(=NCC(O)c1cccc(OC)c1)NC1CCN(c2cccc(F)c2)CC1.I. The van der Waals surface area contributed by atoms with Gasteiger partial charge in [-0.3, -0.25) is 4.99 Å². The molecule has 0 amide bonds. The molecule has 3 N–H and O–H groups in total. The summed E-state index contributed by atoms with van der Waals surface area (Å²) in [6.07, 6.45) is 1.16. The smallest absolute Gasteiger partial charge is 0.191 e. The van der Waals surface area contributed by atoms with Gasteiger partial charge >= 0.3 is 0 Å². The molecule has 0 saturated carbocycles. The van der Waals surface area contributed by atoms with E-state index in [1.807, 2.05) is 37.3 Å². The zero-order chi connectivity index (χ0) is 21.3. The van der Waals surface area contributed by atoms with E-state index in [1.54, 1.807) is 19.2 Å². The van der Waals surface area contributed by atoms with Crippen LogP contribution in [0, 0.1) is 5.82 Å². The Morgan fingerprint density at radius 3 is 2.65 bits per heavy atom. The lowest BCUT2D eigenvalue weighted by Crippen LogP contribution is -2.48. The van der Waals surface area contributed by atoms with Crippen LogP contribution in [0.1, 0.15) is 31.4 Å². The zero-order valence-electron chi connectivity index (χ0n) is 18.1. The van der Waals surface area contributed by atoms with Crippen molar-refractivity contribution in [3.05, 3.63) is 59.9 Å². The Balaban J connectivity index is 0.00000341. The summed E-state index contributed by atoms with van der Waals surface area (Å²) in [5.41, 5.74) is 1.70. The fraction of sp³-hybridized carbons (Fsp3) is 0.435. The monoisotopic (exact) mass is 542 g/mol. The summed E-state index contributed by atoms with van der Waals surface area (Å²) >= 11 is 0.